The summed E-state index contributed by atoms with van der Waals surface area (Å²) in [4.78, 5) is 24.5. The number of nitrogens with one attached hydrogen (secondary N) is 1. The maximum Gasteiger partial charge on any atom is 0.255 e. The van der Waals surface area contributed by atoms with E-state index in [2.05, 4.69) is 5.32 Å². The average molecular weight is 348 g/mol. The van der Waals surface area contributed by atoms with E-state index in [0.29, 0.717) is 29.0 Å². The zero-order valence-corrected chi connectivity index (χ0v) is 14.1. The summed E-state index contributed by atoms with van der Waals surface area (Å²) in [6.07, 6.45) is 0.902. The van der Waals surface area contributed by atoms with E-state index in [1.807, 2.05) is 6.92 Å². The Hall–Kier alpha value is -3.59. The number of hydrogen-bond acceptors (Lipinski definition) is 5. The largest absolute Gasteiger partial charge is 0.494 e. The highest BCUT2D eigenvalue weighted by Gasteiger charge is 2.12. The van der Waals surface area contributed by atoms with Crippen molar-refractivity contribution in [2.45, 2.75) is 13.3 Å². The molecule has 1 N–H and O–H groups in total. The molecule has 130 valence electrons. The molecule has 6 nitrogen and oxygen atoms in total. The van der Waals surface area contributed by atoms with Crippen molar-refractivity contribution in [1.29, 1.82) is 5.26 Å². The van der Waals surface area contributed by atoms with Gasteiger partial charge in [0.1, 0.15) is 11.8 Å². The predicted octanol–water partition coefficient (Wildman–Crippen LogP) is 3.71. The summed E-state index contributed by atoms with van der Waals surface area (Å²) in [7, 11) is 0. The van der Waals surface area contributed by atoms with E-state index in [4.69, 9.17) is 14.4 Å². The fourth-order valence-corrected chi connectivity index (χ4v) is 2.45. The normalized spacial score (nSPS) is 10.3. The summed E-state index contributed by atoms with van der Waals surface area (Å²) in [6, 6.07) is 14.5. The van der Waals surface area contributed by atoms with E-state index in [0.717, 1.165) is 12.5 Å². The first-order valence-corrected chi connectivity index (χ1v) is 8.13. The molecule has 0 bridgehead atoms. The van der Waals surface area contributed by atoms with Crippen molar-refractivity contribution in [2.75, 3.05) is 11.9 Å². The lowest BCUT2D eigenvalue weighted by Gasteiger charge is -2.09. The Kier molecular flexibility index (Phi) is 4.99. The Bertz CT molecular complexity index is 1050. The third-order valence-corrected chi connectivity index (χ3v) is 3.70. The summed E-state index contributed by atoms with van der Waals surface area (Å²) < 4.78 is 10.9. The lowest BCUT2D eigenvalue weighted by molar-refractivity contribution is 0.102. The van der Waals surface area contributed by atoms with Crippen molar-refractivity contribution in [1.82, 2.24) is 0 Å². The van der Waals surface area contributed by atoms with E-state index < -0.39 is 0 Å². The molecule has 0 fully saturated rings. The first-order valence-electron chi connectivity index (χ1n) is 8.13. The molecule has 0 unspecified atom stereocenters. The maximum atomic E-state index is 12.5. The molecule has 6 heteroatoms. The van der Waals surface area contributed by atoms with E-state index in [9.17, 15) is 9.59 Å². The lowest BCUT2D eigenvalue weighted by Crippen LogP contribution is -2.13. The topological polar surface area (TPSA) is 92.3 Å². The van der Waals surface area contributed by atoms with Crippen LogP contribution in [-0.4, -0.2) is 12.5 Å². The molecule has 0 spiro atoms. The zero-order valence-electron chi connectivity index (χ0n) is 14.1. The molecule has 2 aromatic carbocycles. The molecule has 0 aliphatic rings. The van der Waals surface area contributed by atoms with Crippen LogP contribution in [0.1, 0.15) is 29.5 Å². The first kappa shape index (κ1) is 17.2. The van der Waals surface area contributed by atoms with Crippen LogP contribution in [0.15, 0.2) is 57.7 Å². The monoisotopic (exact) mass is 348 g/mol. The third-order valence-electron chi connectivity index (χ3n) is 3.70. The standard InChI is InChI=1S/C20H16N2O4/c1-2-10-25-14-8-6-13(7-9-14)20(24)22-17-5-3-4-16-18(23)11-15(12-21)26-19(16)17/h3-9,11H,2,10H2,1H3,(H,22,24). The van der Waals surface area contributed by atoms with Crippen molar-refractivity contribution in [3.63, 3.8) is 0 Å². The van der Waals surface area contributed by atoms with Gasteiger partial charge in [-0.1, -0.05) is 13.0 Å². The average Bonchev–Trinajstić information content (AvgIpc) is 2.67. The number of ether oxygens (including phenoxy) is 1. The minimum Gasteiger partial charge on any atom is -0.494 e. The van der Waals surface area contributed by atoms with Crippen LogP contribution in [-0.2, 0) is 0 Å². The minimum absolute atomic E-state index is 0.110. The summed E-state index contributed by atoms with van der Waals surface area (Å²) in [5.74, 6) is 0.226. The molecular formula is C20H16N2O4. The molecule has 26 heavy (non-hydrogen) atoms. The highest BCUT2D eigenvalue weighted by molar-refractivity contribution is 6.07. The molecule has 0 atom stereocenters. The van der Waals surface area contributed by atoms with Gasteiger partial charge in [-0.2, -0.15) is 5.26 Å². The first-order chi connectivity index (χ1) is 12.6. The Balaban J connectivity index is 1.89. The molecule has 0 aliphatic heterocycles. The zero-order chi connectivity index (χ0) is 18.5. The summed E-state index contributed by atoms with van der Waals surface area (Å²) >= 11 is 0. The Morgan fingerprint density at radius 2 is 2.00 bits per heavy atom. The van der Waals surface area contributed by atoms with Gasteiger partial charge in [-0.3, -0.25) is 9.59 Å². The van der Waals surface area contributed by atoms with E-state index >= 15 is 0 Å². The highest BCUT2D eigenvalue weighted by Crippen LogP contribution is 2.23. The second-order valence-electron chi connectivity index (χ2n) is 5.60. The molecule has 0 radical (unpaired) electrons. The Labute approximate surface area is 149 Å². The van der Waals surface area contributed by atoms with Gasteiger partial charge in [-0.05, 0) is 42.8 Å². The quantitative estimate of drug-likeness (QED) is 0.759. The van der Waals surface area contributed by atoms with Crippen LogP contribution in [0.25, 0.3) is 11.0 Å². The van der Waals surface area contributed by atoms with Gasteiger partial charge < -0.3 is 14.5 Å². The van der Waals surface area contributed by atoms with Crippen LogP contribution in [0.2, 0.25) is 0 Å². The number of para-hydroxylation sites is 1. The van der Waals surface area contributed by atoms with Gasteiger partial charge in [0.2, 0.25) is 5.76 Å². The summed E-state index contributed by atoms with van der Waals surface area (Å²) in [5, 5.41) is 12.0. The van der Waals surface area contributed by atoms with Crippen LogP contribution < -0.4 is 15.5 Å². The third kappa shape index (κ3) is 3.57. The molecule has 3 rings (SSSR count). The summed E-state index contributed by atoms with van der Waals surface area (Å²) in [5.41, 5.74) is 0.599. The molecule has 1 aromatic heterocycles. The predicted molar refractivity (Wildman–Crippen MR) is 97.4 cm³/mol. The van der Waals surface area contributed by atoms with Crippen LogP contribution in [0.3, 0.4) is 0 Å². The van der Waals surface area contributed by atoms with Gasteiger partial charge >= 0.3 is 0 Å². The van der Waals surface area contributed by atoms with E-state index in [-0.39, 0.29) is 22.7 Å². The number of fused-ring (bicyclic) bond motifs is 1. The van der Waals surface area contributed by atoms with Crippen LogP contribution >= 0.6 is 0 Å². The fraction of sp³-hybridized carbons (Fsp3) is 0.150. The number of anilines is 1. The fourth-order valence-electron chi connectivity index (χ4n) is 2.45. The van der Waals surface area contributed by atoms with Crippen molar-refractivity contribution < 1.29 is 13.9 Å². The lowest BCUT2D eigenvalue weighted by atomic mass is 10.1. The van der Waals surface area contributed by atoms with Crippen LogP contribution in [0.5, 0.6) is 5.75 Å². The van der Waals surface area contributed by atoms with Crippen molar-refractivity contribution >= 4 is 22.6 Å². The molecule has 3 aromatic rings. The number of nitrogens with zero attached hydrogens (tertiary/aromatic N) is 1. The highest BCUT2D eigenvalue weighted by atomic mass is 16.5. The number of hydrogen-bond donors (Lipinski definition) is 1. The maximum absolute atomic E-state index is 12.5. The van der Waals surface area contributed by atoms with Gasteiger partial charge in [0, 0.05) is 11.6 Å². The van der Waals surface area contributed by atoms with Gasteiger partial charge in [-0.15, -0.1) is 0 Å². The second-order valence-corrected chi connectivity index (χ2v) is 5.60. The van der Waals surface area contributed by atoms with E-state index in [1.54, 1.807) is 48.5 Å². The number of benzene rings is 2. The van der Waals surface area contributed by atoms with Crippen molar-refractivity contribution in [3.05, 3.63) is 70.1 Å². The molecule has 1 amide bonds. The van der Waals surface area contributed by atoms with Crippen molar-refractivity contribution in [3.8, 4) is 11.8 Å². The molecule has 1 heterocycles. The van der Waals surface area contributed by atoms with Crippen LogP contribution in [0, 0.1) is 11.3 Å². The second kappa shape index (κ2) is 7.53. The molecule has 0 saturated carbocycles. The minimum atomic E-state index is -0.357. The Morgan fingerprint density at radius 3 is 2.69 bits per heavy atom. The van der Waals surface area contributed by atoms with Gasteiger partial charge in [0.25, 0.3) is 5.91 Å². The van der Waals surface area contributed by atoms with E-state index in [1.165, 1.54) is 0 Å². The number of nitriles is 1. The van der Waals surface area contributed by atoms with Gasteiger partial charge in [0.05, 0.1) is 17.7 Å². The Morgan fingerprint density at radius 1 is 1.23 bits per heavy atom. The van der Waals surface area contributed by atoms with Gasteiger partial charge in [0.15, 0.2) is 11.0 Å². The SMILES string of the molecule is CCCOc1ccc(C(=O)Nc2cccc3c(=O)cc(C#N)oc23)cc1. The van der Waals surface area contributed by atoms with Crippen LogP contribution in [0.4, 0.5) is 5.69 Å². The smallest absolute Gasteiger partial charge is 0.255 e. The molecule has 0 saturated heterocycles. The summed E-state index contributed by atoms with van der Waals surface area (Å²) in [6.45, 7) is 2.63. The number of carbonyl (C=O) groups is 1. The molecular weight excluding hydrogens is 332 g/mol. The number of amides is 1. The van der Waals surface area contributed by atoms with Crippen molar-refractivity contribution in [2.24, 2.45) is 0 Å². The molecule has 0 aliphatic carbocycles. The number of carbonyl (C=O) groups excluding carboxylic acids is 1. The van der Waals surface area contributed by atoms with Gasteiger partial charge in [-0.25, -0.2) is 0 Å². The number of rotatable bonds is 5.